The number of thiocarbonyl (C=S) groups is 1. The van der Waals surface area contributed by atoms with E-state index >= 15 is 0 Å². The summed E-state index contributed by atoms with van der Waals surface area (Å²) in [6.07, 6.45) is 0. The van der Waals surface area contributed by atoms with Gasteiger partial charge in [-0.15, -0.1) is 0 Å². The predicted octanol–water partition coefficient (Wildman–Crippen LogP) is 5.62. The Hall–Kier alpha value is -3.29. The zero-order chi connectivity index (χ0) is 21.8. The molecule has 0 fully saturated rings. The van der Waals surface area contributed by atoms with Gasteiger partial charge in [0.1, 0.15) is 12.4 Å². The van der Waals surface area contributed by atoms with Crippen LogP contribution in [0.3, 0.4) is 0 Å². The minimum atomic E-state index is -0.291. The number of anilines is 1. The molecule has 0 aliphatic rings. The van der Waals surface area contributed by atoms with Gasteiger partial charge in [-0.2, -0.15) is 0 Å². The molecule has 0 bridgehead atoms. The Balaban J connectivity index is 1.34. The van der Waals surface area contributed by atoms with Crippen LogP contribution in [0, 0.1) is 13.8 Å². The number of carbonyl (C=O) groups is 1. The summed E-state index contributed by atoms with van der Waals surface area (Å²) in [7, 11) is 0. The van der Waals surface area contributed by atoms with Crippen molar-refractivity contribution in [2.45, 2.75) is 20.5 Å². The van der Waals surface area contributed by atoms with E-state index in [1.165, 1.54) is 16.9 Å². The minimum absolute atomic E-state index is 0.211. The molecule has 0 radical (unpaired) electrons. The minimum Gasteiger partial charge on any atom is -0.489 e. The third kappa shape index (κ3) is 5.25. The van der Waals surface area contributed by atoms with Crippen molar-refractivity contribution in [1.29, 1.82) is 0 Å². The number of nitrogens with zero attached hydrogens (tertiary/aromatic N) is 1. The van der Waals surface area contributed by atoms with Gasteiger partial charge < -0.3 is 10.1 Å². The number of carbonyl (C=O) groups excluding carboxylic acids is 1. The number of benzene rings is 3. The molecule has 0 spiro atoms. The van der Waals surface area contributed by atoms with Gasteiger partial charge in [-0.25, -0.2) is 4.98 Å². The summed E-state index contributed by atoms with van der Waals surface area (Å²) in [5, 5.41) is 6.57. The molecule has 2 N–H and O–H groups in total. The Morgan fingerprint density at radius 3 is 2.55 bits per heavy atom. The van der Waals surface area contributed by atoms with Crippen LogP contribution in [0.5, 0.6) is 5.75 Å². The van der Waals surface area contributed by atoms with E-state index in [4.69, 9.17) is 17.0 Å². The lowest BCUT2D eigenvalue weighted by atomic mass is 10.1. The van der Waals surface area contributed by atoms with Crippen LogP contribution in [0.2, 0.25) is 0 Å². The van der Waals surface area contributed by atoms with Crippen molar-refractivity contribution in [2.24, 2.45) is 0 Å². The molecule has 0 saturated carbocycles. The van der Waals surface area contributed by atoms with Crippen molar-refractivity contribution < 1.29 is 9.53 Å². The van der Waals surface area contributed by atoms with Crippen LogP contribution in [0.4, 0.5) is 5.13 Å². The summed E-state index contributed by atoms with van der Waals surface area (Å²) in [5.74, 6) is 0.404. The number of hydrogen-bond acceptors (Lipinski definition) is 5. The van der Waals surface area contributed by atoms with Crippen molar-refractivity contribution in [1.82, 2.24) is 10.3 Å². The summed E-state index contributed by atoms with van der Waals surface area (Å²) in [5.41, 5.74) is 4.82. The van der Waals surface area contributed by atoms with Crippen LogP contribution in [0.25, 0.3) is 10.2 Å². The quantitative estimate of drug-likeness (QED) is 0.389. The Kier molecular flexibility index (Phi) is 6.25. The summed E-state index contributed by atoms with van der Waals surface area (Å²) < 4.78 is 6.84. The first-order chi connectivity index (χ1) is 15.0. The number of aromatic nitrogens is 1. The van der Waals surface area contributed by atoms with Gasteiger partial charge in [0.2, 0.25) is 0 Å². The number of thiazole rings is 1. The molecule has 3 aromatic carbocycles. The average Bonchev–Trinajstić information content (AvgIpc) is 3.15. The maximum atomic E-state index is 12.5. The molecule has 156 valence electrons. The largest absolute Gasteiger partial charge is 0.489 e. The number of fused-ring (bicyclic) bond motifs is 1. The fraction of sp³-hybridized carbons (Fsp3) is 0.125. The SMILES string of the molecule is Cc1cc(C)c2nc(NC(=S)NC(=O)c3ccc(OCc4ccccc4)cc3)sc2c1. The van der Waals surface area contributed by atoms with Crippen LogP contribution in [0.1, 0.15) is 27.0 Å². The fourth-order valence-corrected chi connectivity index (χ4v) is 4.47. The smallest absolute Gasteiger partial charge is 0.257 e. The Bertz CT molecular complexity index is 1240. The van der Waals surface area contributed by atoms with E-state index in [9.17, 15) is 4.79 Å². The molecule has 0 atom stereocenters. The van der Waals surface area contributed by atoms with Gasteiger partial charge >= 0.3 is 0 Å². The molecule has 0 aliphatic carbocycles. The summed E-state index contributed by atoms with van der Waals surface area (Å²) in [6, 6.07) is 21.1. The molecule has 4 aromatic rings. The van der Waals surface area contributed by atoms with Crippen LogP contribution < -0.4 is 15.4 Å². The van der Waals surface area contributed by atoms with Crippen molar-refractivity contribution in [3.8, 4) is 5.75 Å². The van der Waals surface area contributed by atoms with E-state index in [-0.39, 0.29) is 11.0 Å². The molecule has 4 rings (SSSR count). The molecule has 0 saturated heterocycles. The second kappa shape index (κ2) is 9.24. The van der Waals surface area contributed by atoms with Crippen LogP contribution in [-0.2, 0) is 6.61 Å². The molecule has 5 nitrogen and oxygen atoms in total. The first kappa shape index (κ1) is 21.0. The van der Waals surface area contributed by atoms with E-state index in [0.717, 1.165) is 21.3 Å². The van der Waals surface area contributed by atoms with Gasteiger partial charge in [0.25, 0.3) is 5.91 Å². The maximum absolute atomic E-state index is 12.5. The number of ether oxygens (including phenoxy) is 1. The lowest BCUT2D eigenvalue weighted by Crippen LogP contribution is -2.34. The topological polar surface area (TPSA) is 63.2 Å². The van der Waals surface area contributed by atoms with E-state index < -0.39 is 0 Å². The molecule has 1 aromatic heterocycles. The summed E-state index contributed by atoms with van der Waals surface area (Å²) in [6.45, 7) is 4.57. The lowest BCUT2D eigenvalue weighted by molar-refractivity contribution is 0.0977. The van der Waals surface area contributed by atoms with Crippen molar-refractivity contribution in [3.63, 3.8) is 0 Å². The van der Waals surface area contributed by atoms with Gasteiger partial charge in [0, 0.05) is 5.56 Å². The molecular formula is C24H21N3O2S2. The van der Waals surface area contributed by atoms with Crippen molar-refractivity contribution in [2.75, 3.05) is 5.32 Å². The Morgan fingerprint density at radius 1 is 1.06 bits per heavy atom. The molecule has 1 heterocycles. The number of aryl methyl sites for hydroxylation is 2. The lowest BCUT2D eigenvalue weighted by Gasteiger charge is -2.09. The summed E-state index contributed by atoms with van der Waals surface area (Å²) in [4.78, 5) is 17.1. The van der Waals surface area contributed by atoms with Crippen LogP contribution >= 0.6 is 23.6 Å². The number of hydrogen-bond donors (Lipinski definition) is 2. The molecule has 0 aliphatic heterocycles. The third-order valence-electron chi connectivity index (χ3n) is 4.64. The number of amides is 1. The highest BCUT2D eigenvalue weighted by Gasteiger charge is 2.11. The fourth-order valence-electron chi connectivity index (χ4n) is 3.17. The maximum Gasteiger partial charge on any atom is 0.257 e. The first-order valence-corrected chi connectivity index (χ1v) is 11.0. The monoisotopic (exact) mass is 447 g/mol. The number of nitrogens with one attached hydrogen (secondary N) is 2. The Labute approximate surface area is 190 Å². The Morgan fingerprint density at radius 2 is 1.81 bits per heavy atom. The zero-order valence-electron chi connectivity index (χ0n) is 17.1. The molecular weight excluding hydrogens is 426 g/mol. The zero-order valence-corrected chi connectivity index (χ0v) is 18.8. The standard InChI is InChI=1S/C24H21N3O2S2/c1-15-12-16(2)21-20(13-15)31-24(25-21)27-23(30)26-22(28)18-8-10-19(11-9-18)29-14-17-6-4-3-5-7-17/h3-13H,14H2,1-2H3,(H2,25,26,27,28,30). The van der Waals surface area contributed by atoms with Crippen LogP contribution in [-0.4, -0.2) is 16.0 Å². The first-order valence-electron chi connectivity index (χ1n) is 9.75. The van der Waals surface area contributed by atoms with E-state index in [1.54, 1.807) is 24.3 Å². The average molecular weight is 448 g/mol. The van der Waals surface area contributed by atoms with Gasteiger partial charge in [0.15, 0.2) is 10.2 Å². The third-order valence-corrected chi connectivity index (χ3v) is 5.76. The highest BCUT2D eigenvalue weighted by Crippen LogP contribution is 2.29. The van der Waals surface area contributed by atoms with E-state index in [0.29, 0.717) is 23.1 Å². The molecule has 31 heavy (non-hydrogen) atoms. The van der Waals surface area contributed by atoms with Crippen molar-refractivity contribution >= 4 is 49.9 Å². The molecule has 7 heteroatoms. The second-order valence-electron chi connectivity index (χ2n) is 7.15. The number of rotatable bonds is 5. The second-order valence-corrected chi connectivity index (χ2v) is 8.59. The normalized spacial score (nSPS) is 10.6. The highest BCUT2D eigenvalue weighted by molar-refractivity contribution is 7.80. The predicted molar refractivity (Wildman–Crippen MR) is 130 cm³/mol. The van der Waals surface area contributed by atoms with E-state index in [2.05, 4.69) is 34.7 Å². The van der Waals surface area contributed by atoms with Gasteiger partial charge in [0.05, 0.1) is 10.2 Å². The van der Waals surface area contributed by atoms with Crippen LogP contribution in [0.15, 0.2) is 66.7 Å². The molecule has 1 amide bonds. The van der Waals surface area contributed by atoms with Gasteiger partial charge in [-0.3, -0.25) is 10.1 Å². The van der Waals surface area contributed by atoms with Gasteiger partial charge in [-0.1, -0.05) is 47.7 Å². The van der Waals surface area contributed by atoms with E-state index in [1.807, 2.05) is 37.3 Å². The van der Waals surface area contributed by atoms with Crippen molar-refractivity contribution in [3.05, 3.63) is 89.0 Å². The summed E-state index contributed by atoms with van der Waals surface area (Å²) >= 11 is 6.80. The van der Waals surface area contributed by atoms with Gasteiger partial charge in [-0.05, 0) is 73.1 Å². The molecule has 0 unspecified atom stereocenters. The highest BCUT2D eigenvalue weighted by atomic mass is 32.1.